The molecule has 0 amide bonds. The van der Waals surface area contributed by atoms with Gasteiger partial charge in [0.05, 0.1) is 6.61 Å². The van der Waals surface area contributed by atoms with Crippen LogP contribution in [0, 0.1) is 12.8 Å². The van der Waals surface area contributed by atoms with E-state index in [0.29, 0.717) is 12.2 Å². The number of nitrogens with two attached hydrogens (primary N) is 1. The van der Waals surface area contributed by atoms with Gasteiger partial charge in [0.15, 0.2) is 0 Å². The fourth-order valence-corrected chi connectivity index (χ4v) is 3.52. The second-order valence-corrected chi connectivity index (χ2v) is 8.40. The van der Waals surface area contributed by atoms with E-state index in [1.165, 1.54) is 15.3 Å². The predicted octanol–water partition coefficient (Wildman–Crippen LogP) is 3.63. The maximum absolute atomic E-state index is 9.55. The molecule has 0 radical (unpaired) electrons. The maximum Gasteiger partial charge on any atom is 0.328 e. The van der Waals surface area contributed by atoms with E-state index in [1.54, 1.807) is 0 Å². The number of aryl methyl sites for hydroxylation is 3. The minimum Gasteiger partial charge on any atom is -0.494 e. The Bertz CT molecular complexity index is 813. The van der Waals surface area contributed by atoms with Gasteiger partial charge >= 0.3 is 11.9 Å². The van der Waals surface area contributed by atoms with Gasteiger partial charge in [-0.1, -0.05) is 24.6 Å². The number of hydrogen-bond donors (Lipinski definition) is 4. The van der Waals surface area contributed by atoms with Crippen molar-refractivity contribution >= 4 is 23.3 Å². The molecule has 2 rings (SSSR count). The number of aliphatic hydroxyl groups excluding tert-OH is 1. The van der Waals surface area contributed by atoms with Gasteiger partial charge in [-0.25, -0.2) is 9.59 Å². The van der Waals surface area contributed by atoms with Crippen molar-refractivity contribution < 1.29 is 29.6 Å². The third-order valence-electron chi connectivity index (χ3n) is 4.37. The summed E-state index contributed by atoms with van der Waals surface area (Å²) >= 11 is 1.86. The number of aliphatic hydroxyl groups is 1. The zero-order valence-electron chi connectivity index (χ0n) is 17.9. The molecule has 0 spiro atoms. The van der Waals surface area contributed by atoms with Crippen molar-refractivity contribution in [2.75, 3.05) is 6.61 Å². The topological polar surface area (TPSA) is 130 Å². The third-order valence-corrected chi connectivity index (χ3v) is 5.58. The molecule has 0 aliphatic heterocycles. The van der Waals surface area contributed by atoms with Gasteiger partial charge in [-0.2, -0.15) is 0 Å². The van der Waals surface area contributed by atoms with Gasteiger partial charge in [-0.15, -0.1) is 11.3 Å². The second-order valence-electron chi connectivity index (χ2n) is 7.15. The number of carbonyl (C=O) groups is 2. The summed E-state index contributed by atoms with van der Waals surface area (Å²) in [6.07, 6.45) is 4.38. The Morgan fingerprint density at radius 2 is 1.58 bits per heavy atom. The van der Waals surface area contributed by atoms with E-state index in [2.05, 4.69) is 31.2 Å². The molecule has 0 aliphatic rings. The first-order valence-electron chi connectivity index (χ1n) is 10.0. The van der Waals surface area contributed by atoms with Gasteiger partial charge in [0.2, 0.25) is 0 Å². The highest BCUT2D eigenvalue weighted by molar-refractivity contribution is 7.11. The van der Waals surface area contributed by atoms with Gasteiger partial charge in [-0.3, -0.25) is 0 Å². The van der Waals surface area contributed by atoms with Gasteiger partial charge in [0.25, 0.3) is 0 Å². The normalized spacial score (nSPS) is 12.6. The molecule has 1 aromatic carbocycles. The molecule has 1 heterocycles. The molecule has 0 saturated carbocycles. The SMILES string of the molecule is Cc1ccc(OCCCc2ccc(CC[C@@H](C)C(N)O)s2)cc1.O=C(O)C=CC(=O)O. The van der Waals surface area contributed by atoms with Crippen LogP contribution in [0.25, 0.3) is 0 Å². The van der Waals surface area contributed by atoms with Crippen molar-refractivity contribution in [3.05, 3.63) is 63.9 Å². The van der Waals surface area contributed by atoms with Crippen LogP contribution in [-0.4, -0.2) is 40.1 Å². The number of ether oxygens (including phenoxy) is 1. The molecule has 170 valence electrons. The maximum atomic E-state index is 9.55. The summed E-state index contributed by atoms with van der Waals surface area (Å²) in [6.45, 7) is 4.81. The molecular formula is C23H31NO6S. The highest BCUT2D eigenvalue weighted by Crippen LogP contribution is 2.21. The summed E-state index contributed by atoms with van der Waals surface area (Å²) in [5.41, 5.74) is 6.74. The number of aliphatic carboxylic acids is 2. The van der Waals surface area contributed by atoms with E-state index in [-0.39, 0.29) is 5.92 Å². The number of carboxylic acids is 2. The Balaban J connectivity index is 0.000000512. The fourth-order valence-electron chi connectivity index (χ4n) is 2.45. The van der Waals surface area contributed by atoms with Crippen LogP contribution in [0.4, 0.5) is 0 Å². The van der Waals surface area contributed by atoms with Gasteiger partial charge < -0.3 is 25.8 Å². The standard InChI is InChI=1S/C19H27NO2S.C4H4O4/c1-14-5-8-16(9-6-14)22-13-3-4-17-11-12-18(23-17)10-7-15(2)19(20)21;5-3(6)1-2-4(7)8/h5-6,8-9,11-12,15,19,21H,3-4,7,10,13,20H2,1-2H3;1-2H,(H,5,6)(H,7,8)/t15-,19?;/m1./s1. The number of thiophene rings is 1. The Morgan fingerprint density at radius 1 is 1.03 bits per heavy atom. The van der Waals surface area contributed by atoms with Crippen molar-refractivity contribution in [2.24, 2.45) is 11.7 Å². The number of benzene rings is 1. The summed E-state index contributed by atoms with van der Waals surface area (Å²) in [5.74, 6) is -1.43. The first kappa shape index (κ1) is 26.4. The zero-order chi connectivity index (χ0) is 23.2. The molecule has 31 heavy (non-hydrogen) atoms. The Labute approximate surface area is 186 Å². The van der Waals surface area contributed by atoms with Crippen LogP contribution >= 0.6 is 11.3 Å². The monoisotopic (exact) mass is 449 g/mol. The largest absolute Gasteiger partial charge is 0.494 e. The van der Waals surface area contributed by atoms with Crippen LogP contribution < -0.4 is 10.5 Å². The van der Waals surface area contributed by atoms with Gasteiger partial charge in [-0.05, 0) is 62.8 Å². The molecule has 0 bridgehead atoms. The van der Waals surface area contributed by atoms with E-state index in [9.17, 15) is 14.7 Å². The second kappa shape index (κ2) is 14.3. The Morgan fingerprint density at radius 3 is 2.10 bits per heavy atom. The summed E-state index contributed by atoms with van der Waals surface area (Å²) in [6, 6.07) is 12.6. The number of carboxylic acid groups (broad SMARTS) is 2. The quantitative estimate of drug-likeness (QED) is 0.234. The minimum atomic E-state index is -1.26. The molecule has 1 unspecified atom stereocenters. The molecule has 0 saturated heterocycles. The first-order valence-corrected chi connectivity index (χ1v) is 10.8. The van der Waals surface area contributed by atoms with E-state index in [0.717, 1.165) is 38.0 Å². The minimum absolute atomic E-state index is 0.142. The molecular weight excluding hydrogens is 418 g/mol. The molecule has 2 aromatic rings. The van der Waals surface area contributed by atoms with Crippen LogP contribution in [-0.2, 0) is 22.4 Å². The van der Waals surface area contributed by atoms with Gasteiger partial charge in [0, 0.05) is 21.9 Å². The van der Waals surface area contributed by atoms with E-state index in [4.69, 9.17) is 20.7 Å². The highest BCUT2D eigenvalue weighted by Gasteiger charge is 2.10. The molecule has 8 heteroatoms. The lowest BCUT2D eigenvalue weighted by molar-refractivity contribution is -0.134. The summed E-state index contributed by atoms with van der Waals surface area (Å²) in [4.78, 5) is 21.9. The van der Waals surface area contributed by atoms with E-state index in [1.807, 2.05) is 30.4 Å². The van der Waals surface area contributed by atoms with Crippen molar-refractivity contribution in [1.82, 2.24) is 0 Å². The molecule has 1 aromatic heterocycles. The molecule has 0 fully saturated rings. The lowest BCUT2D eigenvalue weighted by Gasteiger charge is -2.13. The Hall–Kier alpha value is -2.68. The average Bonchev–Trinajstić information content (AvgIpc) is 3.17. The number of rotatable bonds is 11. The summed E-state index contributed by atoms with van der Waals surface area (Å²) in [7, 11) is 0. The van der Waals surface area contributed by atoms with E-state index < -0.39 is 18.2 Å². The average molecular weight is 450 g/mol. The van der Waals surface area contributed by atoms with Crippen LogP contribution in [0.2, 0.25) is 0 Å². The molecule has 0 aliphatic carbocycles. The van der Waals surface area contributed by atoms with Gasteiger partial charge in [0.1, 0.15) is 12.0 Å². The summed E-state index contributed by atoms with van der Waals surface area (Å²) in [5, 5.41) is 24.9. The number of hydrogen-bond acceptors (Lipinski definition) is 6. The van der Waals surface area contributed by atoms with E-state index >= 15 is 0 Å². The van der Waals surface area contributed by atoms with Crippen LogP contribution in [0.5, 0.6) is 5.75 Å². The first-order chi connectivity index (χ1) is 14.7. The van der Waals surface area contributed by atoms with Crippen molar-refractivity contribution in [3.8, 4) is 5.75 Å². The van der Waals surface area contributed by atoms with Crippen LogP contribution in [0.15, 0.2) is 48.6 Å². The lowest BCUT2D eigenvalue weighted by Crippen LogP contribution is -2.27. The molecule has 2 atom stereocenters. The van der Waals surface area contributed by atoms with Crippen LogP contribution in [0.1, 0.15) is 35.1 Å². The summed E-state index contributed by atoms with van der Waals surface area (Å²) < 4.78 is 5.76. The smallest absolute Gasteiger partial charge is 0.328 e. The highest BCUT2D eigenvalue weighted by atomic mass is 32.1. The lowest BCUT2D eigenvalue weighted by atomic mass is 10.0. The Kier molecular flexibility index (Phi) is 12.2. The van der Waals surface area contributed by atoms with Crippen LogP contribution in [0.3, 0.4) is 0 Å². The van der Waals surface area contributed by atoms with Crippen molar-refractivity contribution in [3.63, 3.8) is 0 Å². The predicted molar refractivity (Wildman–Crippen MR) is 121 cm³/mol. The zero-order valence-corrected chi connectivity index (χ0v) is 18.7. The molecule has 5 N–H and O–H groups in total. The van der Waals surface area contributed by atoms with Crippen molar-refractivity contribution in [2.45, 2.75) is 45.8 Å². The fraction of sp³-hybridized carbons (Fsp3) is 0.391. The third kappa shape index (κ3) is 12.6. The van der Waals surface area contributed by atoms with Crippen molar-refractivity contribution in [1.29, 1.82) is 0 Å². The molecule has 7 nitrogen and oxygen atoms in total.